The zero-order valence-corrected chi connectivity index (χ0v) is 17.8. The Bertz CT molecular complexity index is 946. The van der Waals surface area contributed by atoms with E-state index in [0.29, 0.717) is 25.3 Å². The van der Waals surface area contributed by atoms with Crippen molar-refractivity contribution in [3.8, 4) is 5.75 Å². The number of ether oxygens (including phenoxy) is 2. The molecule has 33 heavy (non-hydrogen) atoms. The summed E-state index contributed by atoms with van der Waals surface area (Å²) in [5.74, 6) is -2.53. The van der Waals surface area contributed by atoms with E-state index in [9.17, 15) is 22.8 Å². The van der Waals surface area contributed by atoms with Crippen LogP contribution in [0.3, 0.4) is 0 Å². The summed E-state index contributed by atoms with van der Waals surface area (Å²) in [4.78, 5) is 19.1. The number of morpholine rings is 1. The van der Waals surface area contributed by atoms with E-state index in [2.05, 4.69) is 5.32 Å². The van der Waals surface area contributed by atoms with E-state index in [0.717, 1.165) is 24.2 Å². The SMILES string of the molecule is FC(F)(F)c1ccc(Cl)c(O[C@@H](c2ccccc2)[C@@H]2CNCCO2)c1.O=C(O)C=CC(=O)O. The third kappa shape index (κ3) is 8.76. The Labute approximate surface area is 192 Å². The smallest absolute Gasteiger partial charge is 0.416 e. The van der Waals surface area contributed by atoms with Crippen LogP contribution in [0.1, 0.15) is 17.2 Å². The highest BCUT2D eigenvalue weighted by Gasteiger charge is 2.33. The average molecular weight is 488 g/mol. The number of aliphatic carboxylic acids is 2. The number of hydrogen-bond acceptors (Lipinski definition) is 5. The minimum atomic E-state index is -4.46. The van der Waals surface area contributed by atoms with Gasteiger partial charge in [0.05, 0.1) is 17.2 Å². The van der Waals surface area contributed by atoms with Gasteiger partial charge in [-0.15, -0.1) is 0 Å². The second-order valence-electron chi connectivity index (χ2n) is 6.72. The van der Waals surface area contributed by atoms with Gasteiger partial charge in [0.1, 0.15) is 11.9 Å². The summed E-state index contributed by atoms with van der Waals surface area (Å²) in [6.45, 7) is 1.77. The molecule has 7 nitrogen and oxygen atoms in total. The standard InChI is InChI=1S/C18H17ClF3NO2.C4H4O4/c19-14-7-6-13(18(20,21)22)10-15(14)25-17(12-4-2-1-3-5-12)16-11-23-8-9-24-16;5-3(6)1-2-4(7)8/h1-7,10,16-17,23H,8-9,11H2;1-2H,(H,5,6)(H,7,8)/t16-,17-;/m0./s1. The number of carboxylic acids is 2. The molecule has 0 amide bonds. The molecular formula is C22H21ClF3NO6. The van der Waals surface area contributed by atoms with Crippen LogP contribution in [0.2, 0.25) is 5.02 Å². The quantitative estimate of drug-likeness (QED) is 0.525. The van der Waals surface area contributed by atoms with Gasteiger partial charge in [0.25, 0.3) is 0 Å². The van der Waals surface area contributed by atoms with Crippen molar-refractivity contribution in [2.75, 3.05) is 19.7 Å². The normalized spacial score (nSPS) is 17.0. The maximum absolute atomic E-state index is 13.0. The lowest BCUT2D eigenvalue weighted by molar-refractivity contribution is -0.138. The predicted molar refractivity (Wildman–Crippen MR) is 113 cm³/mol. The molecule has 3 N–H and O–H groups in total. The summed E-state index contributed by atoms with van der Waals surface area (Å²) in [5.41, 5.74) is 0.00563. The molecule has 11 heteroatoms. The minimum Gasteiger partial charge on any atom is -0.481 e. The number of carboxylic acid groups (broad SMARTS) is 2. The Morgan fingerprint density at radius 1 is 1.12 bits per heavy atom. The van der Waals surface area contributed by atoms with Crippen LogP contribution in [-0.4, -0.2) is 48.0 Å². The first-order valence-corrected chi connectivity index (χ1v) is 10.0. The van der Waals surface area contributed by atoms with E-state index < -0.39 is 29.8 Å². The highest BCUT2D eigenvalue weighted by molar-refractivity contribution is 6.32. The number of alkyl halides is 3. The maximum Gasteiger partial charge on any atom is 0.416 e. The first kappa shape index (κ1) is 26.2. The zero-order chi connectivity index (χ0) is 24.4. The van der Waals surface area contributed by atoms with Crippen LogP contribution in [0.4, 0.5) is 13.2 Å². The molecule has 0 spiro atoms. The van der Waals surface area contributed by atoms with E-state index in [1.165, 1.54) is 6.07 Å². The molecule has 0 radical (unpaired) electrons. The van der Waals surface area contributed by atoms with Gasteiger partial charge in [-0.1, -0.05) is 41.9 Å². The summed E-state index contributed by atoms with van der Waals surface area (Å²) in [6, 6.07) is 12.3. The molecule has 1 aliphatic rings. The van der Waals surface area contributed by atoms with E-state index in [4.69, 9.17) is 31.3 Å². The molecule has 2 aromatic carbocycles. The summed E-state index contributed by atoms with van der Waals surface area (Å²) in [7, 11) is 0. The third-order valence-electron chi connectivity index (χ3n) is 4.30. The molecule has 1 heterocycles. The lowest BCUT2D eigenvalue weighted by Crippen LogP contribution is -2.43. The van der Waals surface area contributed by atoms with Crippen LogP contribution < -0.4 is 10.1 Å². The Kier molecular flexibility index (Phi) is 9.71. The third-order valence-corrected chi connectivity index (χ3v) is 4.62. The van der Waals surface area contributed by atoms with Crippen molar-refractivity contribution in [3.63, 3.8) is 0 Å². The van der Waals surface area contributed by atoms with Crippen molar-refractivity contribution in [1.82, 2.24) is 5.32 Å². The van der Waals surface area contributed by atoms with E-state index in [1.807, 2.05) is 30.3 Å². The molecule has 2 aromatic rings. The van der Waals surface area contributed by atoms with Crippen molar-refractivity contribution in [3.05, 3.63) is 76.8 Å². The second-order valence-corrected chi connectivity index (χ2v) is 7.12. The Morgan fingerprint density at radius 3 is 2.27 bits per heavy atom. The molecule has 178 valence electrons. The van der Waals surface area contributed by atoms with Crippen molar-refractivity contribution >= 4 is 23.5 Å². The van der Waals surface area contributed by atoms with Crippen LogP contribution in [0.15, 0.2) is 60.7 Å². The largest absolute Gasteiger partial charge is 0.481 e. The Morgan fingerprint density at radius 2 is 1.76 bits per heavy atom. The van der Waals surface area contributed by atoms with Crippen LogP contribution in [-0.2, 0) is 20.5 Å². The Balaban J connectivity index is 0.000000414. The molecule has 3 rings (SSSR count). The first-order valence-electron chi connectivity index (χ1n) is 9.62. The molecule has 0 aromatic heterocycles. The van der Waals surface area contributed by atoms with Crippen molar-refractivity contribution in [1.29, 1.82) is 0 Å². The number of rotatable bonds is 6. The van der Waals surface area contributed by atoms with E-state index >= 15 is 0 Å². The fourth-order valence-corrected chi connectivity index (χ4v) is 2.99. The predicted octanol–water partition coefficient (Wildman–Crippen LogP) is 4.18. The monoisotopic (exact) mass is 487 g/mol. The lowest BCUT2D eigenvalue weighted by Gasteiger charge is -2.32. The van der Waals surface area contributed by atoms with E-state index in [1.54, 1.807) is 0 Å². The Hall–Kier alpha value is -3.08. The minimum absolute atomic E-state index is 0.0143. The van der Waals surface area contributed by atoms with Crippen LogP contribution in [0.5, 0.6) is 5.75 Å². The highest BCUT2D eigenvalue weighted by atomic mass is 35.5. The molecule has 0 saturated carbocycles. The van der Waals surface area contributed by atoms with Gasteiger partial charge in [-0.05, 0) is 23.8 Å². The number of benzene rings is 2. The summed E-state index contributed by atoms with van der Waals surface area (Å²) < 4.78 is 50.6. The van der Waals surface area contributed by atoms with Crippen LogP contribution in [0.25, 0.3) is 0 Å². The summed E-state index contributed by atoms with van der Waals surface area (Å²) in [6.07, 6.45) is -4.25. The molecule has 1 fully saturated rings. The van der Waals surface area contributed by atoms with Gasteiger partial charge in [-0.2, -0.15) is 13.2 Å². The van der Waals surface area contributed by atoms with Gasteiger partial charge in [-0.25, -0.2) is 9.59 Å². The molecule has 0 bridgehead atoms. The topological polar surface area (TPSA) is 105 Å². The highest BCUT2D eigenvalue weighted by Crippen LogP contribution is 2.37. The van der Waals surface area contributed by atoms with Gasteiger partial charge in [0.2, 0.25) is 0 Å². The molecular weight excluding hydrogens is 467 g/mol. The molecule has 0 unspecified atom stereocenters. The van der Waals surface area contributed by atoms with Gasteiger partial charge < -0.3 is 25.0 Å². The number of hydrogen-bond donors (Lipinski definition) is 3. The van der Waals surface area contributed by atoms with E-state index in [-0.39, 0.29) is 16.9 Å². The maximum atomic E-state index is 13.0. The van der Waals surface area contributed by atoms with Crippen molar-refractivity contribution < 1.29 is 42.4 Å². The first-order chi connectivity index (χ1) is 15.6. The number of carbonyl (C=O) groups is 2. The molecule has 0 aliphatic carbocycles. The van der Waals surface area contributed by atoms with Crippen LogP contribution in [0, 0.1) is 0 Å². The van der Waals surface area contributed by atoms with Gasteiger partial charge in [0.15, 0.2) is 6.10 Å². The molecule has 1 saturated heterocycles. The van der Waals surface area contributed by atoms with Crippen LogP contribution >= 0.6 is 11.6 Å². The lowest BCUT2D eigenvalue weighted by atomic mass is 10.0. The van der Waals surface area contributed by atoms with Gasteiger partial charge in [-0.3, -0.25) is 0 Å². The second kappa shape index (κ2) is 12.2. The molecule has 2 atom stereocenters. The van der Waals surface area contributed by atoms with Gasteiger partial charge in [0, 0.05) is 25.2 Å². The summed E-state index contributed by atoms with van der Waals surface area (Å²) in [5, 5.41) is 19.0. The molecule has 1 aliphatic heterocycles. The van der Waals surface area contributed by atoms with Gasteiger partial charge >= 0.3 is 18.1 Å². The summed E-state index contributed by atoms with van der Waals surface area (Å²) >= 11 is 6.07. The van der Waals surface area contributed by atoms with Crippen molar-refractivity contribution in [2.24, 2.45) is 0 Å². The van der Waals surface area contributed by atoms with Crippen molar-refractivity contribution in [2.45, 2.75) is 18.4 Å². The number of halogens is 4. The average Bonchev–Trinajstić information content (AvgIpc) is 2.78. The fraction of sp³-hybridized carbons (Fsp3) is 0.273. The fourth-order valence-electron chi connectivity index (χ4n) is 2.83. The number of nitrogens with one attached hydrogen (secondary N) is 1. The zero-order valence-electron chi connectivity index (χ0n) is 17.1.